The molecule has 2 aliphatic rings. The molecule has 3 N–H and O–H groups in total. The molecule has 4 rings (SSSR count). The van der Waals surface area contributed by atoms with Crippen molar-refractivity contribution in [2.24, 2.45) is 0 Å². The van der Waals surface area contributed by atoms with E-state index < -0.39 is 6.36 Å². The molecule has 1 aliphatic heterocycles. The molecule has 0 amide bonds. The Labute approximate surface area is 144 Å². The number of aromatic amines is 2. The van der Waals surface area contributed by atoms with Gasteiger partial charge in [-0.05, 0) is 47.9 Å². The van der Waals surface area contributed by atoms with Crippen LogP contribution in [0.15, 0.2) is 48.5 Å². The molecule has 0 spiro atoms. The normalized spacial score (nSPS) is 12.0. The van der Waals surface area contributed by atoms with Crippen LogP contribution in [0.5, 0.6) is 5.75 Å². The van der Waals surface area contributed by atoms with E-state index in [9.17, 15) is 13.2 Å². The molecule has 0 bridgehead atoms. The Balaban J connectivity index is 1.60. The average molecular weight is 366 g/mol. The topological polar surface area (TPSA) is 52.8 Å². The highest BCUT2D eigenvalue weighted by molar-refractivity contribution is 6.31. The van der Waals surface area contributed by atoms with Crippen molar-refractivity contribution in [3.63, 3.8) is 0 Å². The lowest BCUT2D eigenvalue weighted by Crippen LogP contribution is -2.16. The Morgan fingerprint density at radius 1 is 0.960 bits per heavy atom. The van der Waals surface area contributed by atoms with Crippen molar-refractivity contribution in [2.45, 2.75) is 6.36 Å². The van der Waals surface area contributed by atoms with E-state index in [1.54, 1.807) is 0 Å². The molecule has 1 aliphatic carbocycles. The SMILES string of the molecule is FC(F)(F)Oc1ccc(Nc2[nH][nH]c3c4ccc(Cl)cc4cc2-3)cc1. The molecular weight excluding hydrogens is 355 g/mol. The molecule has 0 radical (unpaired) electrons. The van der Waals surface area contributed by atoms with Crippen molar-refractivity contribution in [2.75, 3.05) is 5.32 Å². The van der Waals surface area contributed by atoms with E-state index in [2.05, 4.69) is 20.3 Å². The Morgan fingerprint density at radius 3 is 2.44 bits per heavy atom. The monoisotopic (exact) mass is 365 g/mol. The Morgan fingerprint density at radius 2 is 1.72 bits per heavy atom. The summed E-state index contributed by atoms with van der Waals surface area (Å²) in [5.41, 5.74) is 2.47. The maximum absolute atomic E-state index is 12.2. The number of anilines is 2. The van der Waals surface area contributed by atoms with E-state index in [4.69, 9.17) is 11.6 Å². The fourth-order valence-electron chi connectivity index (χ4n) is 2.76. The summed E-state index contributed by atoms with van der Waals surface area (Å²) in [6, 6.07) is 13.1. The fourth-order valence-corrected chi connectivity index (χ4v) is 2.94. The second-order valence-electron chi connectivity index (χ2n) is 5.49. The van der Waals surface area contributed by atoms with E-state index in [1.165, 1.54) is 24.3 Å². The first-order valence-corrected chi connectivity index (χ1v) is 7.68. The minimum absolute atomic E-state index is 0.269. The minimum Gasteiger partial charge on any atom is -0.406 e. The third kappa shape index (κ3) is 3.10. The van der Waals surface area contributed by atoms with Crippen molar-refractivity contribution in [3.05, 3.63) is 53.6 Å². The molecule has 25 heavy (non-hydrogen) atoms. The summed E-state index contributed by atoms with van der Waals surface area (Å²) >= 11 is 6.02. The van der Waals surface area contributed by atoms with Gasteiger partial charge in [-0.2, -0.15) is 0 Å². The maximum atomic E-state index is 12.2. The van der Waals surface area contributed by atoms with Gasteiger partial charge in [0.25, 0.3) is 0 Å². The van der Waals surface area contributed by atoms with Gasteiger partial charge in [0.2, 0.25) is 0 Å². The first-order chi connectivity index (χ1) is 11.9. The van der Waals surface area contributed by atoms with Crippen LogP contribution in [0.25, 0.3) is 22.0 Å². The van der Waals surface area contributed by atoms with Crippen LogP contribution < -0.4 is 10.1 Å². The summed E-state index contributed by atoms with van der Waals surface area (Å²) < 4.78 is 40.4. The lowest BCUT2D eigenvalue weighted by atomic mass is 10.2. The van der Waals surface area contributed by atoms with Crippen molar-refractivity contribution in [1.29, 1.82) is 0 Å². The second kappa shape index (κ2) is 5.63. The first-order valence-electron chi connectivity index (χ1n) is 7.30. The van der Waals surface area contributed by atoms with E-state index >= 15 is 0 Å². The Hall–Kier alpha value is -2.80. The molecule has 2 aromatic carbocycles. The van der Waals surface area contributed by atoms with Gasteiger partial charge in [-0.1, -0.05) is 17.7 Å². The van der Waals surface area contributed by atoms with Crippen LogP contribution in [0.2, 0.25) is 5.02 Å². The molecule has 0 saturated heterocycles. The number of aromatic nitrogens is 2. The molecule has 2 aromatic rings. The number of nitrogens with one attached hydrogen (secondary N) is 3. The van der Waals surface area contributed by atoms with Crippen LogP contribution in [-0.4, -0.2) is 16.6 Å². The van der Waals surface area contributed by atoms with Crippen molar-refractivity contribution in [1.82, 2.24) is 10.2 Å². The lowest BCUT2D eigenvalue weighted by Gasteiger charge is -2.10. The largest absolute Gasteiger partial charge is 0.573 e. The van der Waals surface area contributed by atoms with Gasteiger partial charge in [-0.15, -0.1) is 13.2 Å². The van der Waals surface area contributed by atoms with Gasteiger partial charge >= 0.3 is 6.36 Å². The highest BCUT2D eigenvalue weighted by Gasteiger charge is 2.31. The zero-order chi connectivity index (χ0) is 17.6. The quantitative estimate of drug-likeness (QED) is 0.423. The molecule has 128 valence electrons. The number of benzene rings is 2. The van der Waals surface area contributed by atoms with Crippen LogP contribution in [0.4, 0.5) is 24.7 Å². The summed E-state index contributed by atoms with van der Waals surface area (Å²) in [5.74, 6) is 0.432. The number of hydrogen-bond acceptors (Lipinski definition) is 2. The molecule has 0 saturated carbocycles. The molecule has 0 aromatic heterocycles. The van der Waals surface area contributed by atoms with Gasteiger partial charge in [0, 0.05) is 21.7 Å². The Kier molecular flexibility index (Phi) is 3.54. The van der Waals surface area contributed by atoms with Gasteiger partial charge in [-0.25, -0.2) is 0 Å². The summed E-state index contributed by atoms with van der Waals surface area (Å²) in [5, 5.41) is 11.9. The summed E-state index contributed by atoms with van der Waals surface area (Å²) in [6.45, 7) is 0. The highest BCUT2D eigenvalue weighted by Crippen LogP contribution is 2.39. The molecule has 0 fully saturated rings. The van der Waals surface area contributed by atoms with Gasteiger partial charge < -0.3 is 10.1 Å². The Bertz CT molecular complexity index is 1000. The second-order valence-corrected chi connectivity index (χ2v) is 5.92. The van der Waals surface area contributed by atoms with E-state index in [1.807, 2.05) is 24.3 Å². The average Bonchev–Trinajstić information content (AvgIpc) is 3.07. The highest BCUT2D eigenvalue weighted by atomic mass is 35.5. The van der Waals surface area contributed by atoms with Crippen LogP contribution in [0, 0.1) is 0 Å². The number of H-pyrrole nitrogens is 2. The van der Waals surface area contributed by atoms with E-state index in [-0.39, 0.29) is 5.75 Å². The third-order valence-corrected chi connectivity index (χ3v) is 4.03. The number of fused-ring (bicyclic) bond motifs is 3. The fraction of sp³-hybridized carbons (Fsp3) is 0.0588. The number of ether oxygens (including phenoxy) is 1. The minimum atomic E-state index is -4.70. The number of alkyl halides is 3. The standard InChI is InChI=1S/C17H11ClF3N3O/c18-10-1-6-13-9(7-10)8-14-15(13)23-24-16(14)22-11-2-4-12(5-3-11)25-17(19,20)21/h1-8,22-24H. The zero-order valence-electron chi connectivity index (χ0n) is 12.5. The number of hydrogen-bond donors (Lipinski definition) is 3. The zero-order valence-corrected chi connectivity index (χ0v) is 13.3. The van der Waals surface area contributed by atoms with Crippen LogP contribution >= 0.6 is 11.6 Å². The van der Waals surface area contributed by atoms with Gasteiger partial charge in [0.1, 0.15) is 11.6 Å². The van der Waals surface area contributed by atoms with Gasteiger partial charge in [0.05, 0.1) is 5.69 Å². The third-order valence-electron chi connectivity index (χ3n) is 3.79. The summed E-state index contributed by atoms with van der Waals surface area (Å²) in [6.07, 6.45) is -4.70. The molecule has 1 heterocycles. The summed E-state index contributed by atoms with van der Waals surface area (Å²) in [7, 11) is 0. The number of rotatable bonds is 3. The van der Waals surface area contributed by atoms with E-state index in [0.29, 0.717) is 16.5 Å². The van der Waals surface area contributed by atoms with Gasteiger partial charge in [-0.3, -0.25) is 10.2 Å². The van der Waals surface area contributed by atoms with Crippen molar-refractivity contribution in [3.8, 4) is 17.0 Å². The van der Waals surface area contributed by atoms with Crippen LogP contribution in [-0.2, 0) is 0 Å². The molecule has 4 nitrogen and oxygen atoms in total. The van der Waals surface area contributed by atoms with Gasteiger partial charge in [0.15, 0.2) is 0 Å². The molecule has 0 atom stereocenters. The molecular formula is C17H11ClF3N3O. The van der Waals surface area contributed by atoms with Crippen LogP contribution in [0.3, 0.4) is 0 Å². The predicted octanol–water partition coefficient (Wildman–Crippen LogP) is 5.90. The smallest absolute Gasteiger partial charge is 0.406 e. The van der Waals surface area contributed by atoms with Crippen molar-refractivity contribution >= 4 is 33.9 Å². The number of halogens is 4. The molecule has 0 unspecified atom stereocenters. The van der Waals surface area contributed by atoms with Crippen molar-refractivity contribution < 1.29 is 17.9 Å². The van der Waals surface area contributed by atoms with Crippen LogP contribution in [0.1, 0.15) is 0 Å². The summed E-state index contributed by atoms with van der Waals surface area (Å²) in [4.78, 5) is 0. The lowest BCUT2D eigenvalue weighted by molar-refractivity contribution is -0.274. The van der Waals surface area contributed by atoms with E-state index in [0.717, 1.165) is 22.0 Å². The molecule has 8 heteroatoms. The maximum Gasteiger partial charge on any atom is 0.573 e. The predicted molar refractivity (Wildman–Crippen MR) is 90.7 cm³/mol. The first kappa shape index (κ1) is 15.7.